The molecule has 0 saturated heterocycles. The molecule has 0 bridgehead atoms. The van der Waals surface area contributed by atoms with Gasteiger partial charge in [-0.25, -0.2) is 8.42 Å². The van der Waals surface area contributed by atoms with Crippen LogP contribution >= 0.6 is 23.2 Å². The number of anilines is 1. The van der Waals surface area contributed by atoms with Crippen LogP contribution in [0.15, 0.2) is 108 Å². The summed E-state index contributed by atoms with van der Waals surface area (Å²) in [7, 11) is -2.83. The number of nitrogens with zero attached hydrogens (tertiary/aromatic N) is 2. The van der Waals surface area contributed by atoms with E-state index in [1.165, 1.54) is 24.1 Å². The number of hydrogen-bond donors (Lipinski definition) is 1. The van der Waals surface area contributed by atoms with Crippen LogP contribution in [-0.2, 0) is 32.6 Å². The van der Waals surface area contributed by atoms with Crippen molar-refractivity contribution in [1.82, 2.24) is 10.2 Å². The van der Waals surface area contributed by atoms with Gasteiger partial charge in [0, 0.05) is 19.5 Å². The normalized spacial score (nSPS) is 12.0. The number of rotatable bonds is 14. The number of benzene rings is 4. The van der Waals surface area contributed by atoms with Gasteiger partial charge in [-0.1, -0.05) is 104 Å². The fourth-order valence-electron chi connectivity index (χ4n) is 4.88. The van der Waals surface area contributed by atoms with Gasteiger partial charge in [0.15, 0.2) is 0 Å². The molecule has 0 aliphatic rings. The first-order valence-corrected chi connectivity index (χ1v) is 17.0. The molecule has 0 heterocycles. The minimum absolute atomic E-state index is 0.000233. The minimum Gasteiger partial charge on any atom is -0.495 e. The Bertz CT molecular complexity index is 1740. The zero-order chi connectivity index (χ0) is 33.3. The lowest BCUT2D eigenvalue weighted by molar-refractivity contribution is -0.140. The molecule has 8 nitrogen and oxygen atoms in total. The van der Waals surface area contributed by atoms with Crippen LogP contribution in [0.2, 0.25) is 10.0 Å². The lowest BCUT2D eigenvalue weighted by Gasteiger charge is -2.34. The van der Waals surface area contributed by atoms with Gasteiger partial charge in [-0.2, -0.15) is 0 Å². The number of hydrogen-bond acceptors (Lipinski definition) is 5. The maximum atomic E-state index is 14.6. The Balaban J connectivity index is 1.83. The number of methoxy groups -OCH3 is 1. The molecule has 0 spiro atoms. The van der Waals surface area contributed by atoms with E-state index in [-0.39, 0.29) is 46.1 Å². The number of carbonyl (C=O) groups excluding carboxylic acids is 2. The number of nitrogens with one attached hydrogen (secondary N) is 1. The monoisotopic (exact) mass is 681 g/mol. The molecule has 4 aromatic rings. The summed E-state index contributed by atoms with van der Waals surface area (Å²) in [6.45, 7) is 3.71. The Morgan fingerprint density at radius 2 is 1.46 bits per heavy atom. The van der Waals surface area contributed by atoms with Gasteiger partial charge in [0.25, 0.3) is 10.0 Å². The van der Waals surface area contributed by atoms with Crippen molar-refractivity contribution >= 4 is 50.7 Å². The molecule has 0 saturated carbocycles. The zero-order valence-corrected chi connectivity index (χ0v) is 28.2. The summed E-state index contributed by atoms with van der Waals surface area (Å²) in [6, 6.07) is 27.8. The van der Waals surface area contributed by atoms with Gasteiger partial charge in [-0.05, 0) is 53.4 Å². The van der Waals surface area contributed by atoms with Gasteiger partial charge in [0.05, 0.1) is 27.7 Å². The SMILES string of the molecule is COc1ccccc1N(CC(=O)N(Cc1ccc(Cl)c(Cl)c1)[C@H](Cc1ccccc1)C(=O)NCC(C)C)S(=O)(=O)c1ccccc1. The standard InChI is InChI=1S/C35H37Cl2N3O5S/c1-25(2)22-38-35(42)32(21-26-12-6-4-7-13-26)39(23-27-18-19-29(36)30(37)20-27)34(41)24-40(31-16-10-11-17-33(31)45-3)46(43,44)28-14-8-5-9-15-28/h4-20,25,32H,21-24H2,1-3H3,(H,38,42)/t32-/m1/s1. The molecule has 0 aliphatic heterocycles. The summed E-state index contributed by atoms with van der Waals surface area (Å²) in [5.74, 6) is -0.531. The first kappa shape index (κ1) is 34.8. The summed E-state index contributed by atoms with van der Waals surface area (Å²) in [5.41, 5.74) is 1.63. The Kier molecular flexibility index (Phi) is 12.1. The molecule has 0 aliphatic carbocycles. The van der Waals surface area contributed by atoms with Crippen LogP contribution in [0.5, 0.6) is 5.75 Å². The fraction of sp³-hybridized carbons (Fsp3) is 0.257. The lowest BCUT2D eigenvalue weighted by Crippen LogP contribution is -2.53. The van der Waals surface area contributed by atoms with Crippen molar-refractivity contribution < 1.29 is 22.7 Å². The van der Waals surface area contributed by atoms with Crippen molar-refractivity contribution in [2.45, 2.75) is 37.8 Å². The molecule has 0 fully saturated rings. The second kappa shape index (κ2) is 16.0. The van der Waals surface area contributed by atoms with E-state index >= 15 is 0 Å². The van der Waals surface area contributed by atoms with Crippen molar-refractivity contribution in [3.63, 3.8) is 0 Å². The third-order valence-electron chi connectivity index (χ3n) is 7.26. The number of para-hydroxylation sites is 2. The predicted octanol–water partition coefficient (Wildman–Crippen LogP) is 6.61. The first-order chi connectivity index (χ1) is 22.0. The lowest BCUT2D eigenvalue weighted by atomic mass is 10.0. The van der Waals surface area contributed by atoms with E-state index < -0.39 is 28.5 Å². The van der Waals surface area contributed by atoms with E-state index in [1.807, 2.05) is 44.2 Å². The largest absolute Gasteiger partial charge is 0.495 e. The van der Waals surface area contributed by atoms with Crippen LogP contribution in [0.1, 0.15) is 25.0 Å². The minimum atomic E-state index is -4.26. The van der Waals surface area contributed by atoms with Crippen LogP contribution in [-0.4, -0.2) is 51.4 Å². The third-order valence-corrected chi connectivity index (χ3v) is 9.77. The fourth-order valence-corrected chi connectivity index (χ4v) is 6.65. The highest BCUT2D eigenvalue weighted by molar-refractivity contribution is 7.92. The highest BCUT2D eigenvalue weighted by Gasteiger charge is 2.35. The molecule has 4 aromatic carbocycles. The molecule has 46 heavy (non-hydrogen) atoms. The molecular weight excluding hydrogens is 645 g/mol. The predicted molar refractivity (Wildman–Crippen MR) is 183 cm³/mol. The number of ether oxygens (including phenoxy) is 1. The summed E-state index contributed by atoms with van der Waals surface area (Å²) in [6.07, 6.45) is 0.192. The number of halogens is 2. The van der Waals surface area contributed by atoms with Crippen LogP contribution in [0.25, 0.3) is 0 Å². The van der Waals surface area contributed by atoms with E-state index in [1.54, 1.807) is 60.7 Å². The Hall–Kier alpha value is -4.05. The van der Waals surface area contributed by atoms with Gasteiger partial charge in [-0.15, -0.1) is 0 Å². The van der Waals surface area contributed by atoms with Gasteiger partial charge in [0.1, 0.15) is 18.3 Å². The van der Waals surface area contributed by atoms with Crippen LogP contribution in [0.3, 0.4) is 0 Å². The first-order valence-electron chi connectivity index (χ1n) is 14.8. The number of carbonyl (C=O) groups is 2. The average molecular weight is 683 g/mol. The zero-order valence-electron chi connectivity index (χ0n) is 25.9. The number of sulfonamides is 1. The Morgan fingerprint density at radius 1 is 0.826 bits per heavy atom. The highest BCUT2D eigenvalue weighted by Crippen LogP contribution is 2.33. The van der Waals surface area contributed by atoms with Crippen LogP contribution in [0.4, 0.5) is 5.69 Å². The number of amides is 2. The Labute approximate surface area is 280 Å². The maximum Gasteiger partial charge on any atom is 0.264 e. The molecule has 4 rings (SSSR count). The molecular formula is C35H37Cl2N3O5S. The highest BCUT2D eigenvalue weighted by atomic mass is 35.5. The molecule has 11 heteroatoms. The molecule has 2 amide bonds. The molecule has 0 unspecified atom stereocenters. The smallest absolute Gasteiger partial charge is 0.264 e. The Morgan fingerprint density at radius 3 is 2.09 bits per heavy atom. The van der Waals surface area contributed by atoms with Crippen molar-refractivity contribution in [2.24, 2.45) is 5.92 Å². The second-order valence-electron chi connectivity index (χ2n) is 11.1. The average Bonchev–Trinajstić information content (AvgIpc) is 3.06. The van der Waals surface area contributed by atoms with Gasteiger partial charge in [0.2, 0.25) is 11.8 Å². The van der Waals surface area contributed by atoms with Crippen molar-refractivity contribution in [3.05, 3.63) is 124 Å². The summed E-state index contributed by atoms with van der Waals surface area (Å²) in [4.78, 5) is 29.9. The van der Waals surface area contributed by atoms with Gasteiger partial charge < -0.3 is 15.0 Å². The van der Waals surface area contributed by atoms with E-state index in [2.05, 4.69) is 5.32 Å². The van der Waals surface area contributed by atoms with Crippen molar-refractivity contribution in [1.29, 1.82) is 0 Å². The van der Waals surface area contributed by atoms with E-state index in [0.29, 0.717) is 17.1 Å². The molecule has 1 N–H and O–H groups in total. The van der Waals surface area contributed by atoms with E-state index in [0.717, 1.165) is 9.87 Å². The van der Waals surface area contributed by atoms with E-state index in [9.17, 15) is 18.0 Å². The maximum absolute atomic E-state index is 14.6. The second-order valence-corrected chi connectivity index (χ2v) is 13.8. The summed E-state index contributed by atoms with van der Waals surface area (Å²) >= 11 is 12.5. The quantitative estimate of drug-likeness (QED) is 0.162. The van der Waals surface area contributed by atoms with Crippen molar-refractivity contribution in [2.75, 3.05) is 24.5 Å². The summed E-state index contributed by atoms with van der Waals surface area (Å²) in [5, 5.41) is 3.60. The molecule has 1 atom stereocenters. The van der Waals surface area contributed by atoms with Crippen LogP contribution in [0, 0.1) is 5.92 Å². The van der Waals surface area contributed by atoms with Gasteiger partial charge >= 0.3 is 0 Å². The molecule has 242 valence electrons. The summed E-state index contributed by atoms with van der Waals surface area (Å²) < 4.78 is 34.9. The topological polar surface area (TPSA) is 96.0 Å². The third kappa shape index (κ3) is 8.81. The van der Waals surface area contributed by atoms with Gasteiger partial charge in [-0.3, -0.25) is 13.9 Å². The van der Waals surface area contributed by atoms with Crippen molar-refractivity contribution in [3.8, 4) is 5.75 Å². The molecule has 0 aromatic heterocycles. The molecule has 0 radical (unpaired) electrons. The van der Waals surface area contributed by atoms with E-state index in [4.69, 9.17) is 27.9 Å². The van der Waals surface area contributed by atoms with Crippen LogP contribution < -0.4 is 14.4 Å².